The summed E-state index contributed by atoms with van der Waals surface area (Å²) in [5.74, 6) is 0.475. The lowest BCUT2D eigenvalue weighted by Gasteiger charge is -2.43. The molecule has 0 radical (unpaired) electrons. The minimum atomic E-state index is -1.90. The van der Waals surface area contributed by atoms with E-state index in [4.69, 9.17) is 0 Å². The second-order valence-corrected chi connectivity index (χ2v) is 12.5. The first kappa shape index (κ1) is 15.8. The van der Waals surface area contributed by atoms with Crippen molar-refractivity contribution in [1.29, 1.82) is 0 Å². The summed E-state index contributed by atoms with van der Waals surface area (Å²) in [4.78, 5) is 0. The summed E-state index contributed by atoms with van der Waals surface area (Å²) in [6.07, 6.45) is 4.43. The summed E-state index contributed by atoms with van der Waals surface area (Å²) < 4.78 is 0. The monoisotopic (exact) mass is 290 g/mol. The van der Waals surface area contributed by atoms with Crippen LogP contribution in [0.1, 0.15) is 46.5 Å². The molecule has 20 heavy (non-hydrogen) atoms. The number of unbranched alkanes of at least 4 members (excludes halogenated alkanes) is 1. The van der Waals surface area contributed by atoms with E-state index in [9.17, 15) is 5.11 Å². The normalized spacial score (nSPS) is 24.2. The maximum atomic E-state index is 11.7. The molecule has 0 amide bonds. The maximum absolute atomic E-state index is 11.7. The van der Waals surface area contributed by atoms with Gasteiger partial charge in [-0.15, -0.1) is 0 Å². The van der Waals surface area contributed by atoms with E-state index >= 15 is 0 Å². The van der Waals surface area contributed by atoms with Gasteiger partial charge in [0, 0.05) is 0 Å². The Bertz CT molecular complexity index is 452. The van der Waals surface area contributed by atoms with Crippen molar-refractivity contribution < 1.29 is 5.11 Å². The predicted octanol–water partition coefficient (Wildman–Crippen LogP) is 4.11. The fraction of sp³-hybridized carbons (Fsp3) is 0.667. The molecule has 1 aliphatic rings. The zero-order valence-electron chi connectivity index (χ0n) is 13.7. The van der Waals surface area contributed by atoms with Gasteiger partial charge in [-0.2, -0.15) is 0 Å². The first-order chi connectivity index (χ1) is 9.25. The van der Waals surface area contributed by atoms with Crippen LogP contribution in [0.2, 0.25) is 13.1 Å². The Balaban J connectivity index is 2.36. The third kappa shape index (κ3) is 2.60. The highest BCUT2D eigenvalue weighted by atomic mass is 28.3. The van der Waals surface area contributed by atoms with E-state index in [1.165, 1.54) is 11.6 Å². The molecular formula is C18H30OSi. The number of hydrogen-bond acceptors (Lipinski definition) is 1. The van der Waals surface area contributed by atoms with Gasteiger partial charge in [0.25, 0.3) is 0 Å². The van der Waals surface area contributed by atoms with Crippen molar-refractivity contribution in [3.05, 3.63) is 30.3 Å². The van der Waals surface area contributed by atoms with Gasteiger partial charge in [0.15, 0.2) is 0 Å². The molecule has 0 heterocycles. The second kappa shape index (κ2) is 5.30. The van der Waals surface area contributed by atoms with Crippen molar-refractivity contribution in [3.63, 3.8) is 0 Å². The number of aliphatic hydroxyl groups is 1. The summed E-state index contributed by atoms with van der Waals surface area (Å²) in [6, 6.07) is 10.7. The van der Waals surface area contributed by atoms with E-state index in [1.54, 1.807) is 0 Å². The standard InChI is InChI=1S/C18H30OSi/c1-6-7-13-18(19,16-14-17(16,2)3)20(4,5)15-11-9-8-10-12-15/h8-12,16,19H,6-7,13-14H2,1-5H3/t16-,18+/m0/s1. The lowest BCUT2D eigenvalue weighted by molar-refractivity contribution is 0.0682. The Labute approximate surface area is 125 Å². The lowest BCUT2D eigenvalue weighted by atomic mass is 10.0. The van der Waals surface area contributed by atoms with Crippen LogP contribution < -0.4 is 5.19 Å². The van der Waals surface area contributed by atoms with Crippen LogP contribution in [0.5, 0.6) is 0 Å². The van der Waals surface area contributed by atoms with Gasteiger partial charge in [0.2, 0.25) is 0 Å². The molecule has 1 aliphatic carbocycles. The van der Waals surface area contributed by atoms with Crippen LogP contribution in [0.25, 0.3) is 0 Å². The van der Waals surface area contributed by atoms with E-state index in [0.29, 0.717) is 11.3 Å². The Morgan fingerprint density at radius 1 is 1.25 bits per heavy atom. The van der Waals surface area contributed by atoms with Crippen LogP contribution in [-0.2, 0) is 0 Å². The summed E-state index contributed by atoms with van der Waals surface area (Å²) in [7, 11) is -1.90. The molecule has 1 N–H and O–H groups in total. The molecule has 2 atom stereocenters. The van der Waals surface area contributed by atoms with Crippen LogP contribution in [-0.4, -0.2) is 18.4 Å². The maximum Gasteiger partial charge on any atom is 0.117 e. The van der Waals surface area contributed by atoms with E-state index in [1.807, 2.05) is 0 Å². The lowest BCUT2D eigenvalue weighted by Crippen LogP contribution is -2.64. The van der Waals surface area contributed by atoms with Crippen molar-refractivity contribution in [3.8, 4) is 0 Å². The molecule has 0 saturated heterocycles. The molecule has 2 heteroatoms. The van der Waals surface area contributed by atoms with E-state index in [-0.39, 0.29) is 0 Å². The Morgan fingerprint density at radius 3 is 2.25 bits per heavy atom. The van der Waals surface area contributed by atoms with Gasteiger partial charge in [-0.25, -0.2) is 0 Å². The molecule has 0 bridgehead atoms. The van der Waals surface area contributed by atoms with Crippen LogP contribution in [0.15, 0.2) is 30.3 Å². The topological polar surface area (TPSA) is 20.2 Å². The second-order valence-electron chi connectivity index (χ2n) is 7.76. The van der Waals surface area contributed by atoms with Gasteiger partial charge in [-0.1, -0.05) is 82.2 Å². The first-order valence-electron chi connectivity index (χ1n) is 8.03. The van der Waals surface area contributed by atoms with Crippen LogP contribution >= 0.6 is 0 Å². The average Bonchev–Trinajstić information content (AvgIpc) is 3.06. The van der Waals surface area contributed by atoms with Crippen molar-refractivity contribution in [2.24, 2.45) is 11.3 Å². The molecule has 1 saturated carbocycles. The van der Waals surface area contributed by atoms with E-state index in [0.717, 1.165) is 19.3 Å². The molecule has 1 aromatic carbocycles. The van der Waals surface area contributed by atoms with Crippen LogP contribution in [0.4, 0.5) is 0 Å². The highest BCUT2D eigenvalue weighted by Crippen LogP contribution is 2.60. The molecule has 1 aromatic rings. The van der Waals surface area contributed by atoms with Crippen molar-refractivity contribution >= 4 is 13.3 Å². The number of hydrogen-bond donors (Lipinski definition) is 1. The average molecular weight is 291 g/mol. The van der Waals surface area contributed by atoms with Gasteiger partial charge in [-0.05, 0) is 24.2 Å². The largest absolute Gasteiger partial charge is 0.393 e. The third-order valence-corrected chi connectivity index (χ3v) is 10.1. The Morgan fingerprint density at radius 2 is 1.80 bits per heavy atom. The van der Waals surface area contributed by atoms with Gasteiger partial charge >= 0.3 is 0 Å². The summed E-state index contributed by atoms with van der Waals surface area (Å²) in [6.45, 7) is 11.5. The highest BCUT2D eigenvalue weighted by molar-refractivity contribution is 6.92. The molecular weight excluding hydrogens is 260 g/mol. The van der Waals surface area contributed by atoms with Crippen molar-refractivity contribution in [1.82, 2.24) is 0 Å². The molecule has 1 nitrogen and oxygen atoms in total. The molecule has 0 spiro atoms. The van der Waals surface area contributed by atoms with Crippen molar-refractivity contribution in [2.75, 3.05) is 0 Å². The highest BCUT2D eigenvalue weighted by Gasteiger charge is 2.63. The van der Waals surface area contributed by atoms with Gasteiger partial charge < -0.3 is 5.11 Å². The molecule has 0 aliphatic heterocycles. The molecule has 2 rings (SSSR count). The predicted molar refractivity (Wildman–Crippen MR) is 89.9 cm³/mol. The fourth-order valence-electron chi connectivity index (χ4n) is 3.76. The smallest absolute Gasteiger partial charge is 0.117 e. The van der Waals surface area contributed by atoms with Crippen LogP contribution in [0, 0.1) is 11.3 Å². The van der Waals surface area contributed by atoms with Crippen molar-refractivity contribution in [2.45, 2.75) is 64.8 Å². The number of benzene rings is 1. The molecule has 0 aromatic heterocycles. The Kier molecular flexibility index (Phi) is 4.19. The summed E-state index contributed by atoms with van der Waals surface area (Å²) in [5.41, 5.74) is 0.321. The van der Waals surface area contributed by atoms with Gasteiger partial charge in [0.05, 0.1) is 5.22 Å². The minimum Gasteiger partial charge on any atom is -0.393 e. The first-order valence-corrected chi connectivity index (χ1v) is 11.0. The third-order valence-electron chi connectivity index (χ3n) is 5.58. The quantitative estimate of drug-likeness (QED) is 0.782. The number of rotatable bonds is 6. The zero-order chi connectivity index (χ0) is 15.0. The summed E-state index contributed by atoms with van der Waals surface area (Å²) >= 11 is 0. The minimum absolute atomic E-state index is 0.321. The molecule has 112 valence electrons. The van der Waals surface area contributed by atoms with Crippen LogP contribution in [0.3, 0.4) is 0 Å². The van der Waals surface area contributed by atoms with E-state index in [2.05, 4.69) is 64.2 Å². The van der Waals surface area contributed by atoms with Gasteiger partial charge in [-0.3, -0.25) is 0 Å². The SMILES string of the molecule is CCCC[C@](O)([C@H]1CC1(C)C)[Si](C)(C)c1ccccc1. The fourth-order valence-corrected chi connectivity index (χ4v) is 7.45. The molecule has 0 unspecified atom stereocenters. The summed E-state index contributed by atoms with van der Waals surface area (Å²) in [5, 5.41) is 12.6. The zero-order valence-corrected chi connectivity index (χ0v) is 14.7. The Hall–Kier alpha value is -0.603. The molecule has 1 fully saturated rings. The van der Waals surface area contributed by atoms with Gasteiger partial charge in [0.1, 0.15) is 8.07 Å². The van der Waals surface area contributed by atoms with E-state index < -0.39 is 13.3 Å².